The standard InChI is InChI=1S/C12H18N4O4S/c1-7(21(2)20)4-13-12(19)16-5-9-8(14-6-15-9)3-10(16)11(17)18/h6-7,10H,3-5H2,1-2H3,(H,13,19)(H,14,15)(H,17,18). The molecule has 1 aliphatic heterocycles. The third-order valence-corrected chi connectivity index (χ3v) is 4.85. The second-order valence-electron chi connectivity index (χ2n) is 5.01. The number of nitrogens with one attached hydrogen (secondary N) is 2. The third kappa shape index (κ3) is 3.41. The molecule has 0 radical (unpaired) electrons. The summed E-state index contributed by atoms with van der Waals surface area (Å²) in [5, 5.41) is 11.7. The molecule has 0 aliphatic carbocycles. The van der Waals surface area contributed by atoms with Gasteiger partial charge in [0.1, 0.15) is 6.04 Å². The lowest BCUT2D eigenvalue weighted by Gasteiger charge is -2.32. The molecule has 1 aromatic heterocycles. The molecule has 3 unspecified atom stereocenters. The number of fused-ring (bicyclic) bond motifs is 1. The molecule has 9 heteroatoms. The summed E-state index contributed by atoms with van der Waals surface area (Å²) in [5.41, 5.74) is 1.42. The molecule has 0 bridgehead atoms. The Bertz CT molecular complexity index is 573. The average molecular weight is 314 g/mol. The number of hydrogen-bond donors (Lipinski definition) is 3. The molecule has 1 aliphatic rings. The van der Waals surface area contributed by atoms with Crippen LogP contribution >= 0.6 is 0 Å². The van der Waals surface area contributed by atoms with Gasteiger partial charge in [-0.2, -0.15) is 0 Å². The number of nitrogens with zero attached hydrogens (tertiary/aromatic N) is 2. The average Bonchev–Trinajstić information content (AvgIpc) is 2.89. The fourth-order valence-corrected chi connectivity index (χ4v) is 2.44. The number of aromatic amines is 1. The lowest BCUT2D eigenvalue weighted by Crippen LogP contribution is -2.53. The van der Waals surface area contributed by atoms with E-state index in [2.05, 4.69) is 15.3 Å². The lowest BCUT2D eigenvalue weighted by molar-refractivity contribution is -0.142. The van der Waals surface area contributed by atoms with E-state index in [1.165, 1.54) is 11.2 Å². The van der Waals surface area contributed by atoms with Crippen molar-refractivity contribution in [1.29, 1.82) is 0 Å². The smallest absolute Gasteiger partial charge is 0.326 e. The maximum Gasteiger partial charge on any atom is 0.326 e. The van der Waals surface area contributed by atoms with Crippen LogP contribution in [0.2, 0.25) is 0 Å². The van der Waals surface area contributed by atoms with Crippen LogP contribution in [0.15, 0.2) is 6.33 Å². The molecule has 2 heterocycles. The first-order valence-corrected chi connectivity index (χ1v) is 8.13. The minimum atomic E-state index is -1.06. The molecule has 21 heavy (non-hydrogen) atoms. The highest BCUT2D eigenvalue weighted by molar-refractivity contribution is 7.84. The van der Waals surface area contributed by atoms with Gasteiger partial charge in [-0.3, -0.25) is 4.21 Å². The highest BCUT2D eigenvalue weighted by atomic mass is 32.2. The Morgan fingerprint density at radius 2 is 2.38 bits per heavy atom. The molecular weight excluding hydrogens is 296 g/mol. The van der Waals surface area contributed by atoms with Crippen LogP contribution in [-0.4, -0.2) is 60.3 Å². The maximum atomic E-state index is 12.2. The molecule has 1 aromatic rings. The van der Waals surface area contributed by atoms with Crippen molar-refractivity contribution in [2.45, 2.75) is 31.2 Å². The fraction of sp³-hybridized carbons (Fsp3) is 0.583. The predicted octanol–water partition coefficient (Wildman–Crippen LogP) is -0.302. The van der Waals surface area contributed by atoms with Crippen molar-refractivity contribution in [1.82, 2.24) is 20.2 Å². The topological polar surface area (TPSA) is 115 Å². The highest BCUT2D eigenvalue weighted by Gasteiger charge is 2.36. The fourth-order valence-electron chi connectivity index (χ4n) is 2.12. The molecule has 0 aromatic carbocycles. The molecular formula is C12H18N4O4S. The number of imidazole rings is 1. The molecule has 2 amide bonds. The van der Waals surface area contributed by atoms with Crippen LogP contribution in [0.5, 0.6) is 0 Å². The number of H-pyrrole nitrogens is 1. The largest absolute Gasteiger partial charge is 0.480 e. The molecule has 2 rings (SSSR count). The Balaban J connectivity index is 2.07. The number of rotatable bonds is 4. The molecule has 3 N–H and O–H groups in total. The zero-order chi connectivity index (χ0) is 15.6. The number of aliphatic carboxylic acids is 1. The number of hydrogen-bond acceptors (Lipinski definition) is 4. The number of aromatic nitrogens is 2. The highest BCUT2D eigenvalue weighted by Crippen LogP contribution is 2.20. The Kier molecular flexibility index (Phi) is 4.61. The SMILES string of the molecule is CC(CNC(=O)N1Cc2[nH]cnc2CC1C(=O)O)S(C)=O. The van der Waals surface area contributed by atoms with Crippen molar-refractivity contribution in [3.8, 4) is 0 Å². The molecule has 116 valence electrons. The summed E-state index contributed by atoms with van der Waals surface area (Å²) in [6.07, 6.45) is 3.23. The van der Waals surface area contributed by atoms with Crippen molar-refractivity contribution >= 4 is 22.8 Å². The predicted molar refractivity (Wildman–Crippen MR) is 76.2 cm³/mol. The van der Waals surface area contributed by atoms with E-state index in [9.17, 15) is 18.9 Å². The van der Waals surface area contributed by atoms with Gasteiger partial charge in [-0.15, -0.1) is 0 Å². The Hall–Kier alpha value is -1.90. The number of carboxylic acids is 1. The van der Waals surface area contributed by atoms with Gasteiger partial charge in [-0.1, -0.05) is 0 Å². The van der Waals surface area contributed by atoms with Crippen LogP contribution in [0.4, 0.5) is 4.79 Å². The van der Waals surface area contributed by atoms with Gasteiger partial charge in [-0.05, 0) is 6.92 Å². The van der Waals surface area contributed by atoms with Crippen LogP contribution < -0.4 is 5.32 Å². The van der Waals surface area contributed by atoms with E-state index in [0.717, 1.165) is 5.69 Å². The molecule has 0 saturated carbocycles. The Labute approximate surface area is 124 Å². The van der Waals surface area contributed by atoms with Gasteiger partial charge in [0.15, 0.2) is 0 Å². The minimum Gasteiger partial charge on any atom is -0.480 e. The normalized spacial score (nSPS) is 20.5. The minimum absolute atomic E-state index is 0.168. The number of carboxylic acid groups (broad SMARTS) is 1. The third-order valence-electron chi connectivity index (χ3n) is 3.55. The van der Waals surface area contributed by atoms with E-state index in [1.54, 1.807) is 13.2 Å². The van der Waals surface area contributed by atoms with Gasteiger partial charge in [0, 0.05) is 35.3 Å². The summed E-state index contributed by atoms with van der Waals surface area (Å²) in [6.45, 7) is 2.16. The Morgan fingerprint density at radius 3 is 3.00 bits per heavy atom. The first-order chi connectivity index (χ1) is 9.90. The monoisotopic (exact) mass is 314 g/mol. The summed E-state index contributed by atoms with van der Waals surface area (Å²) in [7, 11) is -1.04. The summed E-state index contributed by atoms with van der Waals surface area (Å²) >= 11 is 0. The van der Waals surface area contributed by atoms with Crippen LogP contribution in [0.25, 0.3) is 0 Å². The van der Waals surface area contributed by atoms with Gasteiger partial charge in [-0.25, -0.2) is 14.6 Å². The summed E-state index contributed by atoms with van der Waals surface area (Å²) in [5.74, 6) is -1.06. The van der Waals surface area contributed by atoms with Crippen molar-refractivity contribution in [3.63, 3.8) is 0 Å². The first kappa shape index (κ1) is 15.5. The molecule has 0 fully saturated rings. The van der Waals surface area contributed by atoms with Crippen molar-refractivity contribution in [3.05, 3.63) is 17.7 Å². The van der Waals surface area contributed by atoms with E-state index in [-0.39, 0.29) is 24.8 Å². The van der Waals surface area contributed by atoms with Crippen molar-refractivity contribution in [2.75, 3.05) is 12.8 Å². The maximum absolute atomic E-state index is 12.2. The summed E-state index contributed by atoms with van der Waals surface area (Å²) in [6, 6.07) is -1.41. The van der Waals surface area contributed by atoms with E-state index in [0.29, 0.717) is 5.69 Å². The number of carbonyl (C=O) groups is 2. The lowest BCUT2D eigenvalue weighted by atomic mass is 10.0. The second kappa shape index (κ2) is 6.25. The van der Waals surface area contributed by atoms with Crippen molar-refractivity contribution in [2.24, 2.45) is 0 Å². The zero-order valence-corrected chi connectivity index (χ0v) is 12.6. The zero-order valence-electron chi connectivity index (χ0n) is 11.8. The number of amides is 2. The van der Waals surface area contributed by atoms with Crippen LogP contribution in [0.3, 0.4) is 0 Å². The second-order valence-corrected chi connectivity index (χ2v) is 6.81. The quantitative estimate of drug-likeness (QED) is 0.705. The molecule has 8 nitrogen and oxygen atoms in total. The van der Waals surface area contributed by atoms with Gasteiger partial charge in [0.2, 0.25) is 0 Å². The van der Waals surface area contributed by atoms with Gasteiger partial charge < -0.3 is 20.3 Å². The van der Waals surface area contributed by atoms with E-state index >= 15 is 0 Å². The van der Waals surface area contributed by atoms with Gasteiger partial charge in [0.25, 0.3) is 0 Å². The Morgan fingerprint density at radius 1 is 1.67 bits per heavy atom. The van der Waals surface area contributed by atoms with Crippen molar-refractivity contribution < 1.29 is 18.9 Å². The molecule has 0 spiro atoms. The first-order valence-electron chi connectivity index (χ1n) is 6.50. The van der Waals surface area contributed by atoms with Gasteiger partial charge >= 0.3 is 12.0 Å². The van der Waals surface area contributed by atoms with E-state index < -0.39 is 28.8 Å². The van der Waals surface area contributed by atoms with E-state index in [4.69, 9.17) is 0 Å². The summed E-state index contributed by atoms with van der Waals surface area (Å²) in [4.78, 5) is 31.8. The summed E-state index contributed by atoms with van der Waals surface area (Å²) < 4.78 is 11.3. The van der Waals surface area contributed by atoms with Crippen LogP contribution in [-0.2, 0) is 28.6 Å². The molecule has 0 saturated heterocycles. The molecule has 3 atom stereocenters. The van der Waals surface area contributed by atoms with Gasteiger partial charge in [0.05, 0.1) is 24.3 Å². The number of urea groups is 1. The number of carbonyl (C=O) groups excluding carboxylic acids is 1. The van der Waals surface area contributed by atoms with Crippen LogP contribution in [0, 0.1) is 0 Å². The van der Waals surface area contributed by atoms with Crippen LogP contribution in [0.1, 0.15) is 18.3 Å². The van der Waals surface area contributed by atoms with E-state index in [1.807, 2.05) is 0 Å².